The number of aromatic amines is 1. The molecule has 0 radical (unpaired) electrons. The number of aryl methyl sites for hydroxylation is 1. The highest BCUT2D eigenvalue weighted by Crippen LogP contribution is 2.61. The van der Waals surface area contributed by atoms with Gasteiger partial charge in [-0.3, -0.25) is 4.79 Å². The summed E-state index contributed by atoms with van der Waals surface area (Å²) in [5.41, 5.74) is 3.75. The summed E-state index contributed by atoms with van der Waals surface area (Å²) in [5.74, 6) is 2.95. The molecule has 3 N–H and O–H groups in total. The van der Waals surface area contributed by atoms with E-state index in [0.717, 1.165) is 67.1 Å². The van der Waals surface area contributed by atoms with Crippen LogP contribution in [0.25, 0.3) is 0 Å². The zero-order chi connectivity index (χ0) is 27.8. The molecule has 4 saturated carbocycles. The van der Waals surface area contributed by atoms with E-state index in [0.29, 0.717) is 22.4 Å². The van der Waals surface area contributed by atoms with Crippen LogP contribution in [0.3, 0.4) is 0 Å². The van der Waals surface area contributed by atoms with Crippen LogP contribution in [0.15, 0.2) is 54.6 Å². The zero-order valence-electron chi connectivity index (χ0n) is 23.7. The Hall–Kier alpha value is -3.45. The molecule has 8 rings (SSSR count). The molecule has 7 nitrogen and oxygen atoms in total. The Balaban J connectivity index is 1.06. The van der Waals surface area contributed by atoms with Crippen LogP contribution >= 0.6 is 0 Å². The van der Waals surface area contributed by atoms with Crippen molar-refractivity contribution in [2.75, 3.05) is 11.9 Å². The Kier molecular flexibility index (Phi) is 7.15. The van der Waals surface area contributed by atoms with E-state index in [9.17, 15) is 9.59 Å². The van der Waals surface area contributed by atoms with Gasteiger partial charge < -0.3 is 20.4 Å². The number of carbonyl (C=O) groups is 2. The van der Waals surface area contributed by atoms with Crippen molar-refractivity contribution in [3.63, 3.8) is 0 Å². The first-order chi connectivity index (χ1) is 20.0. The summed E-state index contributed by atoms with van der Waals surface area (Å²) in [7, 11) is 0. The number of rotatable bonds is 9. The third-order valence-electron chi connectivity index (χ3n) is 10.0. The van der Waals surface area contributed by atoms with Gasteiger partial charge in [0.2, 0.25) is 0 Å². The molecule has 1 aromatic heterocycles. The lowest BCUT2D eigenvalue weighted by Gasteiger charge is -2.57. The maximum Gasteiger partial charge on any atom is 0.338 e. The number of nitrogens with one attached hydrogen (secondary N) is 3. The number of nitrogens with zero attached hydrogens (tertiary/aromatic N) is 1. The van der Waals surface area contributed by atoms with Crippen LogP contribution < -0.4 is 10.6 Å². The van der Waals surface area contributed by atoms with Crippen molar-refractivity contribution in [1.82, 2.24) is 15.3 Å². The van der Waals surface area contributed by atoms with Crippen molar-refractivity contribution in [2.24, 2.45) is 23.2 Å². The molecule has 1 atom stereocenters. The second kappa shape index (κ2) is 11.1. The van der Waals surface area contributed by atoms with Gasteiger partial charge in [-0.15, -0.1) is 0 Å². The average Bonchev–Trinajstić information content (AvgIpc) is 3.66. The summed E-state index contributed by atoms with van der Waals surface area (Å²) in [5, 5.41) is 6.54. The normalized spacial score (nSPS) is 28.1. The van der Waals surface area contributed by atoms with Gasteiger partial charge in [0.1, 0.15) is 18.1 Å². The first kappa shape index (κ1) is 26.4. The molecule has 5 aliphatic rings. The Labute approximate surface area is 241 Å². The number of amides is 1. The highest BCUT2D eigenvalue weighted by atomic mass is 16.5. The number of anilines is 1. The number of carbonyl (C=O) groups excluding carboxylic acids is 2. The molecular formula is C34H40N4O3. The standard InChI is InChI=1S/C34H40N4O3/c39-32(36-27-9-4-8-26(17-27)33(40)41-21-22-6-2-1-3-7-22)30-28(37-31(38-30)29-10-5-13-35-29)11-12-34-18-23-14-24(19-34)16-25(15-23)20-34/h1-4,6-9,17,23-25,29,35H,5,10-16,18-21H2,(H,36,39)(H,37,38)/t23?,24?,25?,29-,34?/m0/s1. The fourth-order valence-electron chi connectivity index (χ4n) is 8.59. The number of H-pyrrole nitrogens is 1. The molecule has 4 aliphatic carbocycles. The van der Waals surface area contributed by atoms with E-state index in [4.69, 9.17) is 9.72 Å². The molecule has 1 amide bonds. The van der Waals surface area contributed by atoms with Crippen LogP contribution in [0, 0.1) is 23.2 Å². The topological polar surface area (TPSA) is 96.1 Å². The maximum absolute atomic E-state index is 13.6. The van der Waals surface area contributed by atoms with Gasteiger partial charge in [-0.05, 0) is 118 Å². The SMILES string of the molecule is O=C(OCc1ccccc1)c1cccc(NC(=O)c2nc([C@@H]3CCCN3)[nH]c2CCC23CC4CC(CC(C4)C2)C3)c1. The summed E-state index contributed by atoms with van der Waals surface area (Å²) in [4.78, 5) is 34.8. The largest absolute Gasteiger partial charge is 0.457 e. The smallest absolute Gasteiger partial charge is 0.338 e. The Morgan fingerprint density at radius 1 is 0.976 bits per heavy atom. The lowest BCUT2D eigenvalue weighted by molar-refractivity contribution is -0.0570. The second-order valence-electron chi connectivity index (χ2n) is 13.1. The maximum atomic E-state index is 13.6. The van der Waals surface area contributed by atoms with Crippen LogP contribution in [0.5, 0.6) is 0 Å². The van der Waals surface area contributed by atoms with E-state index in [1.54, 1.807) is 24.3 Å². The Morgan fingerprint density at radius 2 is 1.73 bits per heavy atom. The van der Waals surface area contributed by atoms with Gasteiger partial charge >= 0.3 is 5.97 Å². The van der Waals surface area contributed by atoms with Gasteiger partial charge in [0.15, 0.2) is 0 Å². The number of hydrogen-bond acceptors (Lipinski definition) is 5. The zero-order valence-corrected chi connectivity index (χ0v) is 23.7. The van der Waals surface area contributed by atoms with E-state index in [1.165, 1.54) is 38.5 Å². The minimum absolute atomic E-state index is 0.164. The molecule has 1 saturated heterocycles. The summed E-state index contributed by atoms with van der Waals surface area (Å²) < 4.78 is 5.49. The summed E-state index contributed by atoms with van der Waals surface area (Å²) >= 11 is 0. The minimum Gasteiger partial charge on any atom is -0.457 e. The van der Waals surface area contributed by atoms with E-state index >= 15 is 0 Å². The van der Waals surface area contributed by atoms with Crippen molar-refractivity contribution in [1.29, 1.82) is 0 Å². The summed E-state index contributed by atoms with van der Waals surface area (Å²) in [6, 6.07) is 16.7. The van der Waals surface area contributed by atoms with Crippen LogP contribution in [0.1, 0.15) is 102 Å². The predicted octanol–water partition coefficient (Wildman–Crippen LogP) is 6.59. The van der Waals surface area contributed by atoms with Gasteiger partial charge in [-0.2, -0.15) is 0 Å². The van der Waals surface area contributed by atoms with Crippen molar-refractivity contribution < 1.29 is 14.3 Å². The first-order valence-electron chi connectivity index (χ1n) is 15.5. The molecule has 214 valence electrons. The second-order valence-corrected chi connectivity index (χ2v) is 13.1. The molecule has 3 aromatic rings. The fraction of sp³-hybridized carbons (Fsp3) is 0.500. The van der Waals surface area contributed by atoms with Crippen molar-refractivity contribution in [3.8, 4) is 0 Å². The molecule has 0 unspecified atom stereocenters. The highest BCUT2D eigenvalue weighted by molar-refractivity contribution is 6.04. The summed E-state index contributed by atoms with van der Waals surface area (Å²) in [6.45, 7) is 1.18. The molecule has 2 aromatic carbocycles. The third-order valence-corrected chi connectivity index (χ3v) is 10.0. The monoisotopic (exact) mass is 552 g/mol. The van der Waals surface area contributed by atoms with E-state index in [1.807, 2.05) is 30.3 Å². The predicted molar refractivity (Wildman–Crippen MR) is 157 cm³/mol. The number of ether oxygens (including phenoxy) is 1. The molecule has 7 heteroatoms. The van der Waals surface area contributed by atoms with Crippen LogP contribution in [0.2, 0.25) is 0 Å². The van der Waals surface area contributed by atoms with Gasteiger partial charge in [0, 0.05) is 11.4 Å². The van der Waals surface area contributed by atoms with Crippen LogP contribution in [-0.4, -0.2) is 28.4 Å². The highest BCUT2D eigenvalue weighted by Gasteiger charge is 2.50. The molecular weight excluding hydrogens is 512 g/mol. The summed E-state index contributed by atoms with van der Waals surface area (Å²) in [6.07, 6.45) is 12.5. The van der Waals surface area contributed by atoms with Gasteiger partial charge in [-0.1, -0.05) is 36.4 Å². The number of aromatic nitrogens is 2. The van der Waals surface area contributed by atoms with Crippen molar-refractivity contribution >= 4 is 17.6 Å². The van der Waals surface area contributed by atoms with Crippen molar-refractivity contribution in [3.05, 3.63) is 82.9 Å². The first-order valence-corrected chi connectivity index (χ1v) is 15.5. The Bertz CT molecular complexity index is 1370. The van der Waals surface area contributed by atoms with Crippen LogP contribution in [-0.2, 0) is 17.8 Å². The third kappa shape index (κ3) is 5.69. The van der Waals surface area contributed by atoms with Gasteiger partial charge in [-0.25, -0.2) is 9.78 Å². The molecule has 5 fully saturated rings. The fourth-order valence-corrected chi connectivity index (χ4v) is 8.59. The lowest BCUT2D eigenvalue weighted by atomic mass is 9.48. The number of esters is 1. The minimum atomic E-state index is -0.421. The van der Waals surface area contributed by atoms with Gasteiger partial charge in [0.25, 0.3) is 5.91 Å². The lowest BCUT2D eigenvalue weighted by Crippen LogP contribution is -2.46. The Morgan fingerprint density at radius 3 is 2.44 bits per heavy atom. The van der Waals surface area contributed by atoms with E-state index < -0.39 is 5.97 Å². The molecule has 0 spiro atoms. The van der Waals surface area contributed by atoms with Crippen LogP contribution in [0.4, 0.5) is 5.69 Å². The van der Waals surface area contributed by atoms with Crippen molar-refractivity contribution in [2.45, 2.75) is 76.9 Å². The van der Waals surface area contributed by atoms with E-state index in [-0.39, 0.29) is 18.6 Å². The van der Waals surface area contributed by atoms with Gasteiger partial charge in [0.05, 0.1) is 11.6 Å². The average molecular weight is 553 g/mol. The quantitative estimate of drug-likeness (QED) is 0.260. The van der Waals surface area contributed by atoms with E-state index in [2.05, 4.69) is 15.6 Å². The number of imidazole rings is 1. The molecule has 1 aliphatic heterocycles. The molecule has 4 bridgehead atoms. The molecule has 41 heavy (non-hydrogen) atoms. The number of hydrogen-bond donors (Lipinski definition) is 3. The molecule has 2 heterocycles. The number of benzene rings is 2.